The van der Waals surface area contributed by atoms with Crippen LogP contribution in [0.3, 0.4) is 0 Å². The van der Waals surface area contributed by atoms with Crippen LogP contribution in [0.5, 0.6) is 0 Å². The van der Waals surface area contributed by atoms with Gasteiger partial charge in [-0.05, 0) is 46.9 Å². The quantitative estimate of drug-likeness (QED) is 0.679. The standard InChI is InChI=1S/C15H12S/c1-10-2-3-12-6-9-14(15(10)12)11-4-7-13(16)8-5-11/h2-9,16H,1H3. The van der Waals surface area contributed by atoms with E-state index in [4.69, 9.17) is 0 Å². The molecule has 16 heavy (non-hydrogen) atoms. The fourth-order valence-corrected chi connectivity index (χ4v) is 2.40. The van der Waals surface area contributed by atoms with Gasteiger partial charge in [0.05, 0.1) is 0 Å². The van der Waals surface area contributed by atoms with E-state index in [0.717, 1.165) is 4.90 Å². The lowest BCUT2D eigenvalue weighted by Crippen LogP contribution is -1.86. The molecule has 0 fully saturated rings. The fraction of sp³-hybridized carbons (Fsp3) is 0.0667. The van der Waals surface area contributed by atoms with Crippen LogP contribution in [-0.2, 0) is 0 Å². The molecule has 0 nitrogen and oxygen atoms in total. The van der Waals surface area contributed by atoms with Crippen molar-refractivity contribution in [2.75, 3.05) is 0 Å². The number of hydrogen-bond acceptors (Lipinski definition) is 1. The van der Waals surface area contributed by atoms with Crippen LogP contribution in [0.15, 0.2) is 70.2 Å². The maximum atomic E-state index is 4.31. The second-order valence-corrected chi connectivity index (χ2v) is 4.66. The normalized spacial score (nSPS) is 17.6. The van der Waals surface area contributed by atoms with Gasteiger partial charge in [-0.1, -0.05) is 36.4 Å². The Kier molecular flexibility index (Phi) is 2.15. The average Bonchev–Trinajstić information content (AvgIpc) is 2.84. The van der Waals surface area contributed by atoms with Crippen LogP contribution in [0.4, 0.5) is 0 Å². The Morgan fingerprint density at radius 2 is 1.69 bits per heavy atom. The van der Waals surface area contributed by atoms with Crippen LogP contribution >= 0.6 is 12.6 Å². The molecule has 0 atom stereocenters. The van der Waals surface area contributed by atoms with Crippen molar-refractivity contribution >= 4 is 18.2 Å². The molecule has 1 aromatic carbocycles. The summed E-state index contributed by atoms with van der Waals surface area (Å²) in [5.74, 6) is 0. The molecule has 2 aliphatic rings. The average molecular weight is 224 g/mol. The third kappa shape index (κ3) is 1.40. The van der Waals surface area contributed by atoms with Crippen LogP contribution in [-0.4, -0.2) is 0 Å². The second kappa shape index (κ2) is 3.53. The smallest absolute Gasteiger partial charge is 0.00404 e. The van der Waals surface area contributed by atoms with Crippen molar-refractivity contribution in [3.8, 4) is 0 Å². The van der Waals surface area contributed by atoms with Crippen molar-refractivity contribution in [2.24, 2.45) is 0 Å². The van der Waals surface area contributed by atoms with Gasteiger partial charge in [-0.15, -0.1) is 12.6 Å². The number of thiol groups is 1. The Bertz CT molecular complexity index is 566. The first-order chi connectivity index (χ1) is 7.75. The van der Waals surface area contributed by atoms with Crippen molar-refractivity contribution in [2.45, 2.75) is 11.8 Å². The molecule has 0 N–H and O–H groups in total. The van der Waals surface area contributed by atoms with E-state index in [9.17, 15) is 0 Å². The second-order valence-electron chi connectivity index (χ2n) is 4.14. The number of benzene rings is 1. The first-order valence-corrected chi connectivity index (χ1v) is 5.81. The zero-order chi connectivity index (χ0) is 11.1. The zero-order valence-electron chi connectivity index (χ0n) is 9.07. The molecule has 0 amide bonds. The van der Waals surface area contributed by atoms with E-state index < -0.39 is 0 Å². The van der Waals surface area contributed by atoms with Crippen LogP contribution in [0.25, 0.3) is 5.57 Å². The van der Waals surface area contributed by atoms with Gasteiger partial charge in [-0.25, -0.2) is 0 Å². The van der Waals surface area contributed by atoms with Gasteiger partial charge >= 0.3 is 0 Å². The molecule has 3 rings (SSSR count). The maximum absolute atomic E-state index is 4.31. The molecule has 0 unspecified atom stereocenters. The predicted molar refractivity (Wildman–Crippen MR) is 71.6 cm³/mol. The minimum absolute atomic E-state index is 1.01. The van der Waals surface area contributed by atoms with Gasteiger partial charge in [0, 0.05) is 4.90 Å². The summed E-state index contributed by atoms with van der Waals surface area (Å²) < 4.78 is 0. The lowest BCUT2D eigenvalue weighted by atomic mass is 9.98. The number of hydrogen-bond donors (Lipinski definition) is 1. The highest BCUT2D eigenvalue weighted by molar-refractivity contribution is 7.80. The van der Waals surface area contributed by atoms with E-state index in [1.807, 2.05) is 12.1 Å². The molecule has 1 heteroatoms. The topological polar surface area (TPSA) is 0 Å². The van der Waals surface area contributed by atoms with Gasteiger partial charge < -0.3 is 0 Å². The summed E-state index contributed by atoms with van der Waals surface area (Å²) in [6.45, 7) is 2.17. The van der Waals surface area contributed by atoms with Crippen LogP contribution in [0.2, 0.25) is 0 Å². The Balaban J connectivity index is 2.14. The molecular weight excluding hydrogens is 212 g/mol. The summed E-state index contributed by atoms with van der Waals surface area (Å²) in [5.41, 5.74) is 6.66. The van der Waals surface area contributed by atoms with Gasteiger partial charge in [-0.3, -0.25) is 0 Å². The van der Waals surface area contributed by atoms with E-state index in [2.05, 4.69) is 56.0 Å². The minimum Gasteiger partial charge on any atom is -0.143 e. The molecule has 0 aliphatic heterocycles. The van der Waals surface area contributed by atoms with Crippen molar-refractivity contribution in [1.82, 2.24) is 0 Å². The van der Waals surface area contributed by atoms with Crippen molar-refractivity contribution in [1.29, 1.82) is 0 Å². The summed E-state index contributed by atoms with van der Waals surface area (Å²) in [5, 5.41) is 0. The Hall–Kier alpha value is -1.47. The van der Waals surface area contributed by atoms with Crippen LogP contribution in [0, 0.1) is 0 Å². The zero-order valence-corrected chi connectivity index (χ0v) is 9.96. The summed E-state index contributed by atoms with van der Waals surface area (Å²) >= 11 is 4.31. The minimum atomic E-state index is 1.01. The monoisotopic (exact) mass is 224 g/mol. The molecule has 0 aromatic heterocycles. The number of fused-ring (bicyclic) bond motifs is 1. The Morgan fingerprint density at radius 3 is 2.44 bits per heavy atom. The number of rotatable bonds is 1. The van der Waals surface area contributed by atoms with Crippen LogP contribution < -0.4 is 0 Å². The van der Waals surface area contributed by atoms with Gasteiger partial charge in [-0.2, -0.15) is 0 Å². The molecule has 0 spiro atoms. The van der Waals surface area contributed by atoms with Crippen molar-refractivity contribution < 1.29 is 0 Å². The summed E-state index contributed by atoms with van der Waals surface area (Å²) in [4.78, 5) is 1.01. The van der Waals surface area contributed by atoms with E-state index in [-0.39, 0.29) is 0 Å². The molecule has 0 radical (unpaired) electrons. The highest BCUT2D eigenvalue weighted by Gasteiger charge is 2.19. The third-order valence-corrected chi connectivity index (χ3v) is 3.37. The van der Waals surface area contributed by atoms with Gasteiger partial charge in [0.1, 0.15) is 0 Å². The molecule has 0 saturated carbocycles. The molecule has 2 aliphatic carbocycles. The molecule has 1 aromatic rings. The van der Waals surface area contributed by atoms with E-state index in [1.54, 1.807) is 0 Å². The third-order valence-electron chi connectivity index (χ3n) is 3.07. The van der Waals surface area contributed by atoms with E-state index in [1.165, 1.54) is 27.9 Å². The van der Waals surface area contributed by atoms with Gasteiger partial charge in [0.2, 0.25) is 0 Å². The first kappa shape index (κ1) is 9.73. The van der Waals surface area contributed by atoms with Crippen LogP contribution in [0.1, 0.15) is 12.5 Å². The summed E-state index contributed by atoms with van der Waals surface area (Å²) in [6.07, 6.45) is 8.75. The molecule has 0 bridgehead atoms. The highest BCUT2D eigenvalue weighted by atomic mass is 32.1. The highest BCUT2D eigenvalue weighted by Crippen LogP contribution is 2.39. The molecular formula is C15H12S. The maximum Gasteiger partial charge on any atom is 0.00404 e. The number of allylic oxidation sites excluding steroid dienone is 8. The fourth-order valence-electron chi connectivity index (χ4n) is 2.25. The van der Waals surface area contributed by atoms with Gasteiger partial charge in [0.15, 0.2) is 0 Å². The molecule has 0 saturated heterocycles. The molecule has 0 heterocycles. The SMILES string of the molecule is CC1=CC=C2C=CC(c3ccc(S)cc3)=C12. The predicted octanol–water partition coefficient (Wildman–Crippen LogP) is 4.19. The lowest BCUT2D eigenvalue weighted by Gasteiger charge is -2.06. The summed E-state index contributed by atoms with van der Waals surface area (Å²) in [6, 6.07) is 8.33. The van der Waals surface area contributed by atoms with Gasteiger partial charge in [0.25, 0.3) is 0 Å². The Morgan fingerprint density at radius 1 is 0.938 bits per heavy atom. The largest absolute Gasteiger partial charge is 0.143 e. The van der Waals surface area contributed by atoms with E-state index in [0.29, 0.717) is 0 Å². The first-order valence-electron chi connectivity index (χ1n) is 5.37. The van der Waals surface area contributed by atoms with Crippen molar-refractivity contribution in [3.05, 3.63) is 70.9 Å². The van der Waals surface area contributed by atoms with E-state index >= 15 is 0 Å². The Labute approximate surface area is 101 Å². The lowest BCUT2D eigenvalue weighted by molar-refractivity contribution is 1.42. The summed E-state index contributed by atoms with van der Waals surface area (Å²) in [7, 11) is 0. The van der Waals surface area contributed by atoms with Crippen molar-refractivity contribution in [3.63, 3.8) is 0 Å². The molecule has 78 valence electrons.